The molecule has 21 heavy (non-hydrogen) atoms. The predicted molar refractivity (Wildman–Crippen MR) is 91.0 cm³/mol. The van der Waals surface area contributed by atoms with Crippen molar-refractivity contribution < 1.29 is 4.74 Å². The molecule has 3 heteroatoms. The summed E-state index contributed by atoms with van der Waals surface area (Å²) in [6.45, 7) is 0.953. The zero-order valence-corrected chi connectivity index (χ0v) is 13.8. The van der Waals surface area contributed by atoms with Gasteiger partial charge in [0.15, 0.2) is 0 Å². The van der Waals surface area contributed by atoms with E-state index in [2.05, 4.69) is 54.5 Å². The Morgan fingerprint density at radius 1 is 1.38 bits per heavy atom. The Balaban J connectivity index is 1.57. The zero-order valence-electron chi connectivity index (χ0n) is 13.0. The van der Waals surface area contributed by atoms with Gasteiger partial charge in [-0.1, -0.05) is 30.3 Å². The first-order chi connectivity index (χ1) is 10.3. The molecule has 0 radical (unpaired) electrons. The minimum absolute atomic E-state index is 0.204. The van der Waals surface area contributed by atoms with Crippen molar-refractivity contribution in [1.29, 1.82) is 0 Å². The molecule has 116 valence electrons. The smallest absolute Gasteiger partial charge is 0.0783 e. The Labute approximate surface area is 133 Å². The van der Waals surface area contributed by atoms with Crippen LogP contribution in [-0.4, -0.2) is 36.8 Å². The third kappa shape index (κ3) is 3.82. The van der Waals surface area contributed by atoms with Crippen LogP contribution in [0.1, 0.15) is 31.2 Å². The first-order valence-electron chi connectivity index (χ1n) is 8.24. The molecule has 0 saturated carbocycles. The van der Waals surface area contributed by atoms with Gasteiger partial charge in [-0.3, -0.25) is 0 Å². The summed E-state index contributed by atoms with van der Waals surface area (Å²) in [5.41, 5.74) is 1.66. The van der Waals surface area contributed by atoms with E-state index < -0.39 is 0 Å². The maximum atomic E-state index is 6.17. The summed E-state index contributed by atoms with van der Waals surface area (Å²) in [6, 6.07) is 11.5. The summed E-state index contributed by atoms with van der Waals surface area (Å²) in [5, 5.41) is 3.59. The van der Waals surface area contributed by atoms with E-state index in [9.17, 15) is 0 Å². The third-order valence-corrected chi connectivity index (χ3v) is 6.35. The Morgan fingerprint density at radius 2 is 2.24 bits per heavy atom. The van der Waals surface area contributed by atoms with Gasteiger partial charge in [0.25, 0.3) is 0 Å². The van der Waals surface area contributed by atoms with E-state index in [1.54, 1.807) is 0 Å². The number of thioether (sulfide) groups is 1. The van der Waals surface area contributed by atoms with Gasteiger partial charge in [-0.2, -0.15) is 11.8 Å². The second kappa shape index (κ2) is 7.17. The minimum Gasteiger partial charge on any atom is -0.374 e. The Kier molecular flexibility index (Phi) is 5.25. The fourth-order valence-electron chi connectivity index (χ4n) is 3.85. The van der Waals surface area contributed by atoms with Crippen LogP contribution in [0.15, 0.2) is 30.3 Å². The molecule has 2 saturated heterocycles. The number of hydrogen-bond donors (Lipinski definition) is 1. The van der Waals surface area contributed by atoms with Crippen molar-refractivity contribution in [2.75, 3.05) is 25.2 Å². The number of nitrogens with one attached hydrogen (secondary N) is 1. The zero-order chi connectivity index (χ0) is 14.5. The van der Waals surface area contributed by atoms with E-state index >= 15 is 0 Å². The Morgan fingerprint density at radius 3 is 2.95 bits per heavy atom. The van der Waals surface area contributed by atoms with Crippen molar-refractivity contribution in [1.82, 2.24) is 5.32 Å². The molecule has 2 heterocycles. The molecule has 2 aliphatic heterocycles. The number of hydrogen-bond acceptors (Lipinski definition) is 3. The second-order valence-electron chi connectivity index (χ2n) is 6.51. The van der Waals surface area contributed by atoms with Crippen molar-refractivity contribution in [3.05, 3.63) is 35.9 Å². The lowest BCUT2D eigenvalue weighted by Gasteiger charge is -2.41. The summed E-state index contributed by atoms with van der Waals surface area (Å²) < 4.78 is 6.17. The molecule has 0 bridgehead atoms. The third-order valence-electron chi connectivity index (χ3n) is 5.12. The number of rotatable bonds is 5. The molecule has 0 aromatic heterocycles. The maximum Gasteiger partial charge on any atom is 0.0783 e. The molecule has 2 fully saturated rings. The molecule has 0 amide bonds. The van der Waals surface area contributed by atoms with E-state index in [-0.39, 0.29) is 5.60 Å². The fourth-order valence-corrected chi connectivity index (χ4v) is 5.23. The van der Waals surface area contributed by atoms with Crippen LogP contribution in [0.25, 0.3) is 0 Å². The maximum absolute atomic E-state index is 6.17. The molecule has 2 aliphatic rings. The van der Waals surface area contributed by atoms with Crippen LogP contribution in [0.4, 0.5) is 0 Å². The van der Waals surface area contributed by atoms with Crippen LogP contribution in [0.5, 0.6) is 0 Å². The van der Waals surface area contributed by atoms with Gasteiger partial charge in [0.2, 0.25) is 0 Å². The van der Waals surface area contributed by atoms with Gasteiger partial charge in [-0.25, -0.2) is 0 Å². The molecule has 0 aliphatic carbocycles. The van der Waals surface area contributed by atoms with E-state index in [4.69, 9.17) is 4.74 Å². The van der Waals surface area contributed by atoms with Crippen molar-refractivity contribution in [3.63, 3.8) is 0 Å². The second-order valence-corrected chi connectivity index (χ2v) is 7.61. The molecule has 1 aromatic rings. The lowest BCUT2D eigenvalue weighted by atomic mass is 9.79. The summed E-state index contributed by atoms with van der Waals surface area (Å²) in [4.78, 5) is 0. The molecule has 3 unspecified atom stereocenters. The number of ether oxygens (including phenoxy) is 1. The first kappa shape index (κ1) is 15.4. The lowest BCUT2D eigenvalue weighted by molar-refractivity contribution is -0.0851. The van der Waals surface area contributed by atoms with Crippen LogP contribution in [-0.2, 0) is 11.2 Å². The lowest BCUT2D eigenvalue weighted by Crippen LogP contribution is -2.46. The molecule has 3 rings (SSSR count). The van der Waals surface area contributed by atoms with Crippen LogP contribution in [0.3, 0.4) is 0 Å². The summed E-state index contributed by atoms with van der Waals surface area (Å²) in [7, 11) is 2.13. The SMILES string of the molecule is CNC(CCc1ccccc1)C1CCOC2(CCSC2)C1. The molecule has 1 aromatic carbocycles. The first-order valence-corrected chi connectivity index (χ1v) is 9.40. The fraction of sp³-hybridized carbons (Fsp3) is 0.667. The standard InChI is InChI=1S/C18H27NOS/c1-19-17(8-7-15-5-3-2-4-6-15)16-9-11-20-18(13-16)10-12-21-14-18/h2-6,16-17,19H,7-14H2,1H3. The van der Waals surface area contributed by atoms with E-state index in [1.165, 1.54) is 49.2 Å². The summed E-state index contributed by atoms with van der Waals surface area (Å²) in [6.07, 6.45) is 6.12. The minimum atomic E-state index is 0.204. The summed E-state index contributed by atoms with van der Waals surface area (Å²) >= 11 is 2.07. The van der Waals surface area contributed by atoms with Crippen LogP contribution in [0.2, 0.25) is 0 Å². The Bertz CT molecular complexity index is 430. The van der Waals surface area contributed by atoms with Crippen molar-refractivity contribution in [2.45, 2.75) is 43.7 Å². The number of aryl methyl sites for hydroxylation is 1. The normalized spacial score (nSPS) is 30.6. The van der Waals surface area contributed by atoms with E-state index in [0.29, 0.717) is 6.04 Å². The quantitative estimate of drug-likeness (QED) is 0.899. The Hall–Kier alpha value is -0.510. The monoisotopic (exact) mass is 305 g/mol. The molecule has 1 N–H and O–H groups in total. The van der Waals surface area contributed by atoms with Crippen molar-refractivity contribution in [2.24, 2.45) is 5.92 Å². The highest BCUT2D eigenvalue weighted by Gasteiger charge is 2.42. The van der Waals surface area contributed by atoms with Gasteiger partial charge < -0.3 is 10.1 Å². The van der Waals surface area contributed by atoms with Crippen LogP contribution < -0.4 is 5.32 Å². The van der Waals surface area contributed by atoms with Gasteiger partial charge in [-0.15, -0.1) is 0 Å². The van der Waals surface area contributed by atoms with Gasteiger partial charge in [0.1, 0.15) is 0 Å². The molecule has 3 atom stereocenters. The molecular formula is C18H27NOS. The average molecular weight is 305 g/mol. The predicted octanol–water partition coefficient (Wildman–Crippen LogP) is 3.51. The highest BCUT2D eigenvalue weighted by atomic mass is 32.2. The van der Waals surface area contributed by atoms with Crippen LogP contribution in [0, 0.1) is 5.92 Å². The molecular weight excluding hydrogens is 278 g/mol. The molecule has 1 spiro atoms. The highest BCUT2D eigenvalue weighted by Crippen LogP contribution is 2.41. The van der Waals surface area contributed by atoms with Crippen LogP contribution >= 0.6 is 11.8 Å². The van der Waals surface area contributed by atoms with E-state index in [0.717, 1.165) is 12.5 Å². The highest BCUT2D eigenvalue weighted by molar-refractivity contribution is 7.99. The average Bonchev–Trinajstić information content (AvgIpc) is 2.97. The van der Waals surface area contributed by atoms with E-state index in [1.807, 2.05) is 0 Å². The van der Waals surface area contributed by atoms with Crippen molar-refractivity contribution >= 4 is 11.8 Å². The largest absolute Gasteiger partial charge is 0.374 e. The molecule has 2 nitrogen and oxygen atoms in total. The van der Waals surface area contributed by atoms with Gasteiger partial charge in [0, 0.05) is 18.4 Å². The number of benzene rings is 1. The van der Waals surface area contributed by atoms with Crippen molar-refractivity contribution in [3.8, 4) is 0 Å². The topological polar surface area (TPSA) is 21.3 Å². The van der Waals surface area contributed by atoms with Gasteiger partial charge >= 0.3 is 0 Å². The van der Waals surface area contributed by atoms with Gasteiger partial charge in [-0.05, 0) is 56.4 Å². The van der Waals surface area contributed by atoms with Gasteiger partial charge in [0.05, 0.1) is 5.60 Å². The summed E-state index contributed by atoms with van der Waals surface area (Å²) in [5.74, 6) is 3.26.